The van der Waals surface area contributed by atoms with Gasteiger partial charge in [0.15, 0.2) is 0 Å². The molecular formula is C13H22N2. The average Bonchev–Trinajstić information content (AvgIpc) is 2.28. The van der Waals surface area contributed by atoms with Gasteiger partial charge in [-0.1, -0.05) is 26.3 Å². The summed E-state index contributed by atoms with van der Waals surface area (Å²) in [7, 11) is 0. The fraction of sp³-hybridized carbons (Fsp3) is 0.615. The molecule has 0 fully saturated rings. The van der Waals surface area contributed by atoms with E-state index in [4.69, 9.17) is 0 Å². The van der Waals surface area contributed by atoms with Crippen molar-refractivity contribution < 1.29 is 0 Å². The van der Waals surface area contributed by atoms with Crippen molar-refractivity contribution in [1.29, 1.82) is 0 Å². The van der Waals surface area contributed by atoms with E-state index in [1.165, 1.54) is 25.0 Å². The first-order valence-electron chi connectivity index (χ1n) is 6.00. The van der Waals surface area contributed by atoms with Crippen molar-refractivity contribution >= 4 is 0 Å². The Labute approximate surface area is 93.1 Å². The van der Waals surface area contributed by atoms with Gasteiger partial charge in [-0.3, -0.25) is 4.98 Å². The highest BCUT2D eigenvalue weighted by Gasteiger charge is 2.06. The van der Waals surface area contributed by atoms with Gasteiger partial charge in [0.2, 0.25) is 0 Å². The van der Waals surface area contributed by atoms with Crippen molar-refractivity contribution in [2.45, 2.75) is 45.6 Å². The van der Waals surface area contributed by atoms with E-state index in [2.05, 4.69) is 36.3 Å². The third-order valence-corrected chi connectivity index (χ3v) is 2.61. The van der Waals surface area contributed by atoms with Crippen molar-refractivity contribution in [3.8, 4) is 0 Å². The van der Waals surface area contributed by atoms with Crippen LogP contribution in [0.1, 0.15) is 38.8 Å². The van der Waals surface area contributed by atoms with E-state index < -0.39 is 0 Å². The Balaban J connectivity index is 2.33. The fourth-order valence-electron chi connectivity index (χ4n) is 1.85. The maximum atomic E-state index is 4.34. The zero-order valence-corrected chi connectivity index (χ0v) is 9.87. The zero-order chi connectivity index (χ0) is 10.9. The fourth-order valence-corrected chi connectivity index (χ4v) is 1.85. The van der Waals surface area contributed by atoms with Gasteiger partial charge in [0, 0.05) is 17.9 Å². The highest BCUT2D eigenvalue weighted by Crippen LogP contribution is 2.06. The quantitative estimate of drug-likeness (QED) is 0.742. The van der Waals surface area contributed by atoms with Crippen molar-refractivity contribution in [1.82, 2.24) is 10.3 Å². The van der Waals surface area contributed by atoms with Crippen LogP contribution in [0.2, 0.25) is 0 Å². The highest BCUT2D eigenvalue weighted by atomic mass is 14.9. The lowest BCUT2D eigenvalue weighted by Crippen LogP contribution is -2.29. The normalized spacial score (nSPS) is 12.7. The van der Waals surface area contributed by atoms with Crippen LogP contribution in [0.5, 0.6) is 0 Å². The van der Waals surface area contributed by atoms with Gasteiger partial charge in [0.1, 0.15) is 0 Å². The van der Waals surface area contributed by atoms with E-state index in [0.717, 1.165) is 13.0 Å². The molecule has 0 spiro atoms. The van der Waals surface area contributed by atoms with Gasteiger partial charge < -0.3 is 5.32 Å². The lowest BCUT2D eigenvalue weighted by Gasteiger charge is -2.16. The summed E-state index contributed by atoms with van der Waals surface area (Å²) in [5.74, 6) is 0. The van der Waals surface area contributed by atoms with E-state index in [9.17, 15) is 0 Å². The van der Waals surface area contributed by atoms with Gasteiger partial charge in [-0.15, -0.1) is 0 Å². The first kappa shape index (κ1) is 12.2. The van der Waals surface area contributed by atoms with Crippen molar-refractivity contribution in [3.63, 3.8) is 0 Å². The maximum Gasteiger partial charge on any atom is 0.0404 e. The summed E-state index contributed by atoms with van der Waals surface area (Å²) in [4.78, 5) is 4.34. The Morgan fingerprint density at radius 1 is 1.27 bits per heavy atom. The smallest absolute Gasteiger partial charge is 0.0404 e. The Kier molecular flexibility index (Phi) is 6.02. The van der Waals surface area contributed by atoms with Crippen molar-refractivity contribution in [2.24, 2.45) is 0 Å². The number of nitrogens with zero attached hydrogens (tertiary/aromatic N) is 1. The maximum absolute atomic E-state index is 4.34. The minimum atomic E-state index is 0.655. The van der Waals surface area contributed by atoms with Crippen LogP contribution in [-0.4, -0.2) is 17.6 Å². The molecule has 1 aromatic heterocycles. The summed E-state index contributed by atoms with van der Waals surface area (Å²) in [6.45, 7) is 5.47. The molecule has 0 aliphatic rings. The highest BCUT2D eigenvalue weighted by molar-refractivity contribution is 5.03. The monoisotopic (exact) mass is 206 g/mol. The predicted molar refractivity (Wildman–Crippen MR) is 64.9 cm³/mol. The van der Waals surface area contributed by atoms with Gasteiger partial charge in [0.25, 0.3) is 0 Å². The van der Waals surface area contributed by atoms with E-state index in [1.807, 2.05) is 12.3 Å². The molecule has 15 heavy (non-hydrogen) atoms. The van der Waals surface area contributed by atoms with Crippen LogP contribution >= 0.6 is 0 Å². The number of rotatable bonds is 7. The zero-order valence-electron chi connectivity index (χ0n) is 9.87. The molecule has 2 nitrogen and oxygen atoms in total. The molecule has 0 saturated heterocycles. The molecule has 0 bridgehead atoms. The molecule has 0 amide bonds. The van der Waals surface area contributed by atoms with E-state index in [1.54, 1.807) is 0 Å². The van der Waals surface area contributed by atoms with Gasteiger partial charge in [-0.05, 0) is 37.9 Å². The number of aryl methyl sites for hydroxylation is 1. The third kappa shape index (κ3) is 4.93. The van der Waals surface area contributed by atoms with Gasteiger partial charge >= 0.3 is 0 Å². The topological polar surface area (TPSA) is 24.9 Å². The predicted octanol–water partition coefficient (Wildman–Crippen LogP) is 2.79. The summed E-state index contributed by atoms with van der Waals surface area (Å²) in [6, 6.07) is 6.79. The molecule has 0 aromatic carbocycles. The molecule has 0 saturated carbocycles. The lowest BCUT2D eigenvalue weighted by molar-refractivity contribution is 0.458. The second-order valence-electron chi connectivity index (χ2n) is 3.90. The molecule has 2 heteroatoms. The average molecular weight is 206 g/mol. The van der Waals surface area contributed by atoms with Gasteiger partial charge in [0.05, 0.1) is 0 Å². The van der Waals surface area contributed by atoms with Gasteiger partial charge in [-0.25, -0.2) is 0 Å². The van der Waals surface area contributed by atoms with E-state index in [0.29, 0.717) is 6.04 Å². The molecule has 0 radical (unpaired) electrons. The molecule has 84 valence electrons. The number of hydrogen-bond acceptors (Lipinski definition) is 2. The largest absolute Gasteiger partial charge is 0.314 e. The summed E-state index contributed by atoms with van der Waals surface area (Å²) in [5, 5.41) is 3.53. The Morgan fingerprint density at radius 2 is 2.13 bits per heavy atom. The van der Waals surface area contributed by atoms with Crippen LogP contribution < -0.4 is 5.32 Å². The summed E-state index contributed by atoms with van der Waals surface area (Å²) >= 11 is 0. The van der Waals surface area contributed by atoms with Crippen LogP contribution in [0, 0.1) is 0 Å². The molecular weight excluding hydrogens is 184 g/mol. The molecule has 1 N–H and O–H groups in total. The minimum Gasteiger partial charge on any atom is -0.314 e. The molecule has 1 rings (SSSR count). The van der Waals surface area contributed by atoms with Crippen molar-refractivity contribution in [3.05, 3.63) is 30.1 Å². The van der Waals surface area contributed by atoms with E-state index in [-0.39, 0.29) is 0 Å². The molecule has 1 heterocycles. The van der Waals surface area contributed by atoms with Crippen LogP contribution in [0.4, 0.5) is 0 Å². The molecule has 1 atom stereocenters. The summed E-state index contributed by atoms with van der Waals surface area (Å²) in [5.41, 5.74) is 1.21. The Morgan fingerprint density at radius 3 is 2.73 bits per heavy atom. The van der Waals surface area contributed by atoms with Crippen LogP contribution in [0.3, 0.4) is 0 Å². The Bertz CT molecular complexity index is 240. The number of aromatic nitrogens is 1. The lowest BCUT2D eigenvalue weighted by atomic mass is 10.0. The first-order chi connectivity index (χ1) is 7.36. The SMILES string of the molecule is CCCC(CCc1ccccn1)NCC. The summed E-state index contributed by atoms with van der Waals surface area (Å²) in [6.07, 6.45) is 6.66. The van der Waals surface area contributed by atoms with E-state index >= 15 is 0 Å². The number of pyridine rings is 1. The first-order valence-corrected chi connectivity index (χ1v) is 6.00. The second-order valence-corrected chi connectivity index (χ2v) is 3.90. The van der Waals surface area contributed by atoms with Gasteiger partial charge in [-0.2, -0.15) is 0 Å². The standard InChI is InChI=1S/C13H22N2/c1-3-7-12(14-4-2)9-10-13-8-5-6-11-15-13/h5-6,8,11-12,14H,3-4,7,9-10H2,1-2H3. The molecule has 0 aliphatic heterocycles. The second kappa shape index (κ2) is 7.41. The third-order valence-electron chi connectivity index (χ3n) is 2.61. The molecule has 0 aliphatic carbocycles. The Hall–Kier alpha value is -0.890. The number of nitrogens with one attached hydrogen (secondary N) is 1. The minimum absolute atomic E-state index is 0.655. The summed E-state index contributed by atoms with van der Waals surface area (Å²) < 4.78 is 0. The molecule has 1 aromatic rings. The molecule has 1 unspecified atom stereocenters. The van der Waals surface area contributed by atoms with Crippen molar-refractivity contribution in [2.75, 3.05) is 6.54 Å². The van der Waals surface area contributed by atoms with Crippen LogP contribution in [0.25, 0.3) is 0 Å². The number of hydrogen-bond donors (Lipinski definition) is 1. The van der Waals surface area contributed by atoms with Crippen LogP contribution in [0.15, 0.2) is 24.4 Å². The van der Waals surface area contributed by atoms with Crippen LogP contribution in [-0.2, 0) is 6.42 Å².